The standard InChI is InChI=1S/C13H19NO4/c1-16-11-6-5-10(9-14)8-12(11)18-7-3-4-13(15)17-2/h5-6,8H,3-4,7,9,14H2,1-2H3. The Kier molecular flexibility index (Phi) is 6.00. The van der Waals surface area contributed by atoms with Crippen molar-refractivity contribution < 1.29 is 19.0 Å². The Labute approximate surface area is 107 Å². The second kappa shape index (κ2) is 7.55. The second-order valence-corrected chi connectivity index (χ2v) is 3.72. The maximum absolute atomic E-state index is 10.9. The van der Waals surface area contributed by atoms with Crippen molar-refractivity contribution in [2.45, 2.75) is 19.4 Å². The zero-order chi connectivity index (χ0) is 13.4. The fourth-order valence-corrected chi connectivity index (χ4v) is 1.46. The van der Waals surface area contributed by atoms with E-state index >= 15 is 0 Å². The van der Waals surface area contributed by atoms with Gasteiger partial charge in [-0.3, -0.25) is 4.79 Å². The molecule has 0 saturated heterocycles. The van der Waals surface area contributed by atoms with Crippen LogP contribution in [0.2, 0.25) is 0 Å². The van der Waals surface area contributed by atoms with Crippen LogP contribution in [0.4, 0.5) is 0 Å². The van der Waals surface area contributed by atoms with E-state index in [2.05, 4.69) is 4.74 Å². The average Bonchev–Trinajstić information content (AvgIpc) is 2.42. The first-order valence-corrected chi connectivity index (χ1v) is 5.78. The third kappa shape index (κ3) is 4.25. The van der Waals surface area contributed by atoms with Gasteiger partial charge in [0, 0.05) is 13.0 Å². The van der Waals surface area contributed by atoms with Gasteiger partial charge in [-0.05, 0) is 24.1 Å². The van der Waals surface area contributed by atoms with E-state index in [0.29, 0.717) is 37.5 Å². The molecule has 0 radical (unpaired) electrons. The van der Waals surface area contributed by atoms with Crippen molar-refractivity contribution in [1.82, 2.24) is 0 Å². The number of carbonyl (C=O) groups is 1. The first-order chi connectivity index (χ1) is 8.71. The van der Waals surface area contributed by atoms with Crippen LogP contribution in [0.15, 0.2) is 18.2 Å². The molecule has 0 aliphatic heterocycles. The Bertz CT molecular complexity index is 393. The number of esters is 1. The first-order valence-electron chi connectivity index (χ1n) is 5.78. The number of carbonyl (C=O) groups excluding carboxylic acids is 1. The van der Waals surface area contributed by atoms with Gasteiger partial charge in [-0.15, -0.1) is 0 Å². The van der Waals surface area contributed by atoms with E-state index in [4.69, 9.17) is 15.2 Å². The Balaban J connectivity index is 2.52. The summed E-state index contributed by atoms with van der Waals surface area (Å²) < 4.78 is 15.3. The van der Waals surface area contributed by atoms with Crippen molar-refractivity contribution in [3.63, 3.8) is 0 Å². The van der Waals surface area contributed by atoms with Crippen LogP contribution in [0.5, 0.6) is 11.5 Å². The molecule has 0 aliphatic rings. The minimum absolute atomic E-state index is 0.235. The highest BCUT2D eigenvalue weighted by Crippen LogP contribution is 2.28. The summed E-state index contributed by atoms with van der Waals surface area (Å²) in [5.41, 5.74) is 6.54. The van der Waals surface area contributed by atoms with Gasteiger partial charge >= 0.3 is 5.97 Å². The maximum Gasteiger partial charge on any atom is 0.305 e. The topological polar surface area (TPSA) is 70.8 Å². The Morgan fingerprint density at radius 2 is 2.06 bits per heavy atom. The van der Waals surface area contributed by atoms with E-state index in [9.17, 15) is 4.79 Å². The largest absolute Gasteiger partial charge is 0.493 e. The normalized spacial score (nSPS) is 9.94. The van der Waals surface area contributed by atoms with E-state index in [1.54, 1.807) is 7.11 Å². The van der Waals surface area contributed by atoms with E-state index in [0.717, 1.165) is 5.56 Å². The third-order valence-corrected chi connectivity index (χ3v) is 2.47. The average molecular weight is 253 g/mol. The Hall–Kier alpha value is -1.75. The molecule has 0 spiro atoms. The minimum Gasteiger partial charge on any atom is -0.493 e. The van der Waals surface area contributed by atoms with E-state index in [1.807, 2.05) is 18.2 Å². The lowest BCUT2D eigenvalue weighted by Gasteiger charge is -2.11. The summed E-state index contributed by atoms with van der Waals surface area (Å²) in [7, 11) is 2.95. The van der Waals surface area contributed by atoms with E-state index < -0.39 is 0 Å². The number of hydrogen-bond acceptors (Lipinski definition) is 5. The molecule has 0 heterocycles. The van der Waals surface area contributed by atoms with Gasteiger partial charge in [0.25, 0.3) is 0 Å². The van der Waals surface area contributed by atoms with Gasteiger partial charge in [0.05, 0.1) is 20.8 Å². The number of methoxy groups -OCH3 is 2. The zero-order valence-electron chi connectivity index (χ0n) is 10.8. The minimum atomic E-state index is -0.235. The lowest BCUT2D eigenvalue weighted by Crippen LogP contribution is -2.05. The number of hydrogen-bond donors (Lipinski definition) is 1. The lowest BCUT2D eigenvalue weighted by molar-refractivity contribution is -0.140. The molecule has 2 N–H and O–H groups in total. The molecule has 0 bridgehead atoms. The summed E-state index contributed by atoms with van der Waals surface area (Å²) in [6.45, 7) is 0.877. The highest BCUT2D eigenvalue weighted by Gasteiger charge is 2.06. The number of rotatable bonds is 7. The second-order valence-electron chi connectivity index (χ2n) is 3.72. The third-order valence-electron chi connectivity index (χ3n) is 2.47. The number of ether oxygens (including phenoxy) is 3. The van der Waals surface area contributed by atoms with Crippen LogP contribution in [-0.2, 0) is 16.1 Å². The van der Waals surface area contributed by atoms with Crippen molar-refractivity contribution in [1.29, 1.82) is 0 Å². The van der Waals surface area contributed by atoms with Crippen LogP contribution < -0.4 is 15.2 Å². The van der Waals surface area contributed by atoms with Gasteiger partial charge in [0.15, 0.2) is 11.5 Å². The molecule has 0 aromatic heterocycles. The van der Waals surface area contributed by atoms with Crippen LogP contribution in [0.1, 0.15) is 18.4 Å². The maximum atomic E-state index is 10.9. The summed E-state index contributed by atoms with van der Waals surface area (Å²) in [6.07, 6.45) is 0.943. The Morgan fingerprint density at radius 3 is 2.67 bits per heavy atom. The molecule has 0 unspecified atom stereocenters. The molecule has 1 aromatic carbocycles. The molecule has 0 atom stereocenters. The molecule has 1 rings (SSSR count). The molecular weight excluding hydrogens is 234 g/mol. The van der Waals surface area contributed by atoms with Gasteiger partial charge in [-0.2, -0.15) is 0 Å². The lowest BCUT2D eigenvalue weighted by atomic mass is 10.2. The van der Waals surface area contributed by atoms with Crippen molar-refractivity contribution >= 4 is 5.97 Å². The monoisotopic (exact) mass is 253 g/mol. The SMILES string of the molecule is COC(=O)CCCOc1cc(CN)ccc1OC. The van der Waals surface area contributed by atoms with Crippen molar-refractivity contribution in [3.8, 4) is 11.5 Å². The zero-order valence-corrected chi connectivity index (χ0v) is 10.8. The van der Waals surface area contributed by atoms with Gasteiger partial charge in [0.1, 0.15) is 0 Å². The summed E-state index contributed by atoms with van der Waals surface area (Å²) in [5.74, 6) is 1.07. The van der Waals surface area contributed by atoms with Gasteiger partial charge in [0.2, 0.25) is 0 Å². The predicted molar refractivity (Wildman–Crippen MR) is 67.6 cm³/mol. The van der Waals surface area contributed by atoms with Crippen LogP contribution in [0.3, 0.4) is 0 Å². The summed E-state index contributed by atoms with van der Waals surface area (Å²) >= 11 is 0. The molecule has 0 amide bonds. The molecule has 0 aliphatic carbocycles. The number of benzene rings is 1. The fraction of sp³-hybridized carbons (Fsp3) is 0.462. The highest BCUT2D eigenvalue weighted by atomic mass is 16.5. The summed E-state index contributed by atoms with van der Waals surface area (Å²) in [5, 5.41) is 0. The molecule has 5 heteroatoms. The Morgan fingerprint density at radius 1 is 1.28 bits per heavy atom. The van der Waals surface area contributed by atoms with Crippen LogP contribution in [0.25, 0.3) is 0 Å². The molecule has 100 valence electrons. The molecule has 5 nitrogen and oxygen atoms in total. The van der Waals surface area contributed by atoms with Gasteiger partial charge in [-0.1, -0.05) is 6.07 Å². The molecule has 0 saturated carbocycles. The van der Waals surface area contributed by atoms with Gasteiger partial charge in [-0.25, -0.2) is 0 Å². The van der Waals surface area contributed by atoms with E-state index in [-0.39, 0.29) is 5.97 Å². The smallest absolute Gasteiger partial charge is 0.305 e. The molecule has 0 fully saturated rings. The summed E-state index contributed by atoms with van der Waals surface area (Å²) in [4.78, 5) is 10.9. The molecule has 18 heavy (non-hydrogen) atoms. The van der Waals surface area contributed by atoms with Crippen molar-refractivity contribution in [2.24, 2.45) is 5.73 Å². The predicted octanol–water partition coefficient (Wildman–Crippen LogP) is 1.49. The van der Waals surface area contributed by atoms with Crippen LogP contribution >= 0.6 is 0 Å². The van der Waals surface area contributed by atoms with Crippen molar-refractivity contribution in [3.05, 3.63) is 23.8 Å². The molecular formula is C13H19NO4. The van der Waals surface area contributed by atoms with E-state index in [1.165, 1.54) is 7.11 Å². The van der Waals surface area contributed by atoms with Crippen LogP contribution in [-0.4, -0.2) is 26.8 Å². The number of nitrogens with two attached hydrogens (primary N) is 1. The first kappa shape index (κ1) is 14.3. The van der Waals surface area contributed by atoms with Gasteiger partial charge < -0.3 is 19.9 Å². The highest BCUT2D eigenvalue weighted by molar-refractivity contribution is 5.69. The quantitative estimate of drug-likeness (QED) is 0.589. The van der Waals surface area contributed by atoms with Crippen LogP contribution in [0, 0.1) is 0 Å². The molecule has 1 aromatic rings. The summed E-state index contributed by atoms with van der Waals surface area (Å²) in [6, 6.07) is 5.55. The fourth-order valence-electron chi connectivity index (χ4n) is 1.46. The van der Waals surface area contributed by atoms with Crippen molar-refractivity contribution in [2.75, 3.05) is 20.8 Å².